The van der Waals surface area contributed by atoms with E-state index in [2.05, 4.69) is 9.82 Å². The smallest absolute Gasteiger partial charge is 0.266 e. The monoisotopic (exact) mass is 448 g/mol. The minimum atomic E-state index is -3.66. The third kappa shape index (κ3) is 3.99. The van der Waals surface area contributed by atoms with Gasteiger partial charge in [-0.05, 0) is 72.5 Å². The fraction of sp³-hybridized carbons (Fsp3) is 0.250. The first-order valence-electron chi connectivity index (χ1n) is 10.8. The lowest BCUT2D eigenvalue weighted by molar-refractivity contribution is 0.544. The average Bonchev–Trinajstić information content (AvgIpc) is 3.24. The number of hydrogen-bond donors (Lipinski definition) is 1. The van der Waals surface area contributed by atoms with Crippen LogP contribution >= 0.6 is 0 Å². The number of hydrogen-bond acceptors (Lipinski definition) is 4. The van der Waals surface area contributed by atoms with Crippen molar-refractivity contribution in [2.75, 3.05) is 6.54 Å². The van der Waals surface area contributed by atoms with Crippen molar-refractivity contribution in [3.05, 3.63) is 88.3 Å². The summed E-state index contributed by atoms with van der Waals surface area (Å²) in [5.41, 5.74) is 3.06. The zero-order chi connectivity index (χ0) is 22.1. The van der Waals surface area contributed by atoms with E-state index in [-0.39, 0.29) is 23.5 Å². The maximum absolute atomic E-state index is 12.8. The van der Waals surface area contributed by atoms with Crippen molar-refractivity contribution in [1.29, 1.82) is 0 Å². The van der Waals surface area contributed by atoms with Crippen molar-refractivity contribution in [1.82, 2.24) is 19.1 Å². The molecule has 0 bridgehead atoms. The standard InChI is InChI=1S/C24H24N4O3S/c29-24-12-11-23(27-15-13-19-6-3-4-8-22(19)27)26-28(24)16-14-25-32(30,31)21-10-9-18-5-1-2-7-20(18)17-21/h3-4,6,8-13,15,17,25H,1-2,5,7,14,16H2. The molecule has 2 aromatic heterocycles. The van der Waals surface area contributed by atoms with Gasteiger partial charge in [0.05, 0.1) is 17.0 Å². The Labute approximate surface area is 186 Å². The van der Waals surface area contributed by atoms with Crippen LogP contribution in [0.4, 0.5) is 0 Å². The molecule has 164 valence electrons. The van der Waals surface area contributed by atoms with E-state index >= 15 is 0 Å². The Hall–Kier alpha value is -3.23. The summed E-state index contributed by atoms with van der Waals surface area (Å²) in [7, 11) is -3.66. The van der Waals surface area contributed by atoms with E-state index in [1.165, 1.54) is 16.3 Å². The number of aromatic nitrogens is 3. The van der Waals surface area contributed by atoms with Gasteiger partial charge in [-0.2, -0.15) is 5.10 Å². The maximum atomic E-state index is 12.8. The lowest BCUT2D eigenvalue weighted by Crippen LogP contribution is -2.32. The summed E-state index contributed by atoms with van der Waals surface area (Å²) < 4.78 is 31.3. The molecule has 0 spiro atoms. The third-order valence-corrected chi connectivity index (χ3v) is 7.40. The molecular weight excluding hydrogens is 424 g/mol. The molecule has 5 rings (SSSR count). The van der Waals surface area contributed by atoms with Crippen LogP contribution in [0.15, 0.2) is 76.6 Å². The first-order valence-corrected chi connectivity index (χ1v) is 12.3. The zero-order valence-electron chi connectivity index (χ0n) is 17.6. The van der Waals surface area contributed by atoms with Gasteiger partial charge < -0.3 is 0 Å². The highest BCUT2D eigenvalue weighted by atomic mass is 32.2. The number of para-hydroxylation sites is 1. The van der Waals surface area contributed by atoms with Crippen molar-refractivity contribution in [2.45, 2.75) is 37.1 Å². The summed E-state index contributed by atoms with van der Waals surface area (Å²) in [5.74, 6) is 0.600. The van der Waals surface area contributed by atoms with Crippen LogP contribution in [0.2, 0.25) is 0 Å². The van der Waals surface area contributed by atoms with Gasteiger partial charge in [0.2, 0.25) is 10.0 Å². The van der Waals surface area contributed by atoms with E-state index in [1.54, 1.807) is 18.2 Å². The van der Waals surface area contributed by atoms with E-state index in [9.17, 15) is 13.2 Å². The van der Waals surface area contributed by atoms with Crippen molar-refractivity contribution in [3.8, 4) is 5.82 Å². The van der Waals surface area contributed by atoms with Gasteiger partial charge in [0.15, 0.2) is 5.82 Å². The van der Waals surface area contributed by atoms with E-state index in [0.29, 0.717) is 5.82 Å². The summed E-state index contributed by atoms with van der Waals surface area (Å²) in [4.78, 5) is 12.6. The van der Waals surface area contributed by atoms with Gasteiger partial charge in [-0.25, -0.2) is 17.8 Å². The Morgan fingerprint density at radius 3 is 2.62 bits per heavy atom. The molecule has 4 aromatic rings. The Kier molecular flexibility index (Phi) is 5.40. The summed E-state index contributed by atoms with van der Waals surface area (Å²) in [6.45, 7) is 0.207. The van der Waals surface area contributed by atoms with Crippen LogP contribution in [-0.4, -0.2) is 29.3 Å². The summed E-state index contributed by atoms with van der Waals surface area (Å²) in [6, 6.07) is 18.4. The molecule has 0 aliphatic heterocycles. The topological polar surface area (TPSA) is 86.0 Å². The molecule has 0 atom stereocenters. The number of sulfonamides is 1. The number of nitrogens with zero attached hydrogens (tertiary/aromatic N) is 3. The average molecular weight is 449 g/mol. The van der Waals surface area contributed by atoms with Gasteiger partial charge in [0.1, 0.15) is 0 Å². The van der Waals surface area contributed by atoms with Crippen molar-refractivity contribution < 1.29 is 8.42 Å². The van der Waals surface area contributed by atoms with Gasteiger partial charge in [-0.1, -0.05) is 24.3 Å². The number of nitrogens with one attached hydrogen (secondary N) is 1. The molecule has 1 N–H and O–H groups in total. The number of aryl methyl sites for hydroxylation is 2. The molecular formula is C24H24N4O3S. The fourth-order valence-electron chi connectivity index (χ4n) is 4.26. The molecule has 0 saturated carbocycles. The molecule has 1 aliphatic rings. The van der Waals surface area contributed by atoms with Crippen LogP contribution in [0.1, 0.15) is 24.0 Å². The Bertz CT molecular complexity index is 1450. The number of benzene rings is 2. The van der Waals surface area contributed by atoms with Crippen LogP contribution in [-0.2, 0) is 29.4 Å². The van der Waals surface area contributed by atoms with Gasteiger partial charge in [0, 0.05) is 18.8 Å². The minimum Gasteiger partial charge on any atom is -0.300 e. The molecule has 2 heterocycles. The van der Waals surface area contributed by atoms with E-state index in [4.69, 9.17) is 0 Å². The SMILES string of the molecule is O=c1ccc(-n2ccc3ccccc32)nn1CCNS(=O)(=O)c1ccc2c(c1)CCCC2. The van der Waals surface area contributed by atoms with E-state index in [1.807, 2.05) is 47.2 Å². The first kappa shape index (κ1) is 20.7. The highest BCUT2D eigenvalue weighted by Crippen LogP contribution is 2.24. The molecule has 1 aliphatic carbocycles. The van der Waals surface area contributed by atoms with Gasteiger partial charge in [0.25, 0.3) is 5.56 Å². The number of fused-ring (bicyclic) bond motifs is 2. The minimum absolute atomic E-state index is 0.0716. The van der Waals surface area contributed by atoms with Crippen LogP contribution < -0.4 is 10.3 Å². The van der Waals surface area contributed by atoms with Crippen molar-refractivity contribution >= 4 is 20.9 Å². The van der Waals surface area contributed by atoms with Crippen molar-refractivity contribution in [2.24, 2.45) is 0 Å². The summed E-state index contributed by atoms with van der Waals surface area (Å²) in [5, 5.41) is 5.52. The summed E-state index contributed by atoms with van der Waals surface area (Å²) >= 11 is 0. The predicted molar refractivity (Wildman–Crippen MR) is 124 cm³/mol. The Morgan fingerprint density at radius 1 is 0.938 bits per heavy atom. The van der Waals surface area contributed by atoms with Gasteiger partial charge in [-0.15, -0.1) is 0 Å². The predicted octanol–water partition coefficient (Wildman–Crippen LogP) is 3.04. The van der Waals surface area contributed by atoms with Gasteiger partial charge >= 0.3 is 0 Å². The second-order valence-electron chi connectivity index (χ2n) is 8.03. The summed E-state index contributed by atoms with van der Waals surface area (Å²) in [6.07, 6.45) is 6.06. The Morgan fingerprint density at radius 2 is 1.75 bits per heavy atom. The molecule has 0 unspecified atom stereocenters. The second kappa shape index (κ2) is 8.37. The molecule has 0 saturated heterocycles. The normalized spacial score (nSPS) is 13.9. The van der Waals surface area contributed by atoms with Crippen LogP contribution in [0.5, 0.6) is 0 Å². The van der Waals surface area contributed by atoms with Gasteiger partial charge in [-0.3, -0.25) is 9.36 Å². The highest BCUT2D eigenvalue weighted by Gasteiger charge is 2.17. The Balaban J connectivity index is 1.33. The lowest BCUT2D eigenvalue weighted by atomic mass is 9.92. The van der Waals surface area contributed by atoms with Crippen LogP contribution in [0.25, 0.3) is 16.7 Å². The molecule has 2 aromatic carbocycles. The molecule has 8 heteroatoms. The maximum Gasteiger partial charge on any atom is 0.266 e. The highest BCUT2D eigenvalue weighted by molar-refractivity contribution is 7.89. The lowest BCUT2D eigenvalue weighted by Gasteiger charge is -2.17. The van der Waals surface area contributed by atoms with Crippen molar-refractivity contribution in [3.63, 3.8) is 0 Å². The molecule has 0 fully saturated rings. The van der Waals surface area contributed by atoms with E-state index in [0.717, 1.165) is 42.1 Å². The molecule has 0 radical (unpaired) electrons. The van der Waals surface area contributed by atoms with E-state index < -0.39 is 10.0 Å². The quantitative estimate of drug-likeness (QED) is 0.491. The zero-order valence-corrected chi connectivity index (χ0v) is 18.4. The molecule has 7 nitrogen and oxygen atoms in total. The molecule has 0 amide bonds. The second-order valence-corrected chi connectivity index (χ2v) is 9.80. The fourth-order valence-corrected chi connectivity index (χ4v) is 5.33. The first-order chi connectivity index (χ1) is 15.5. The third-order valence-electron chi connectivity index (χ3n) is 5.94. The number of rotatable bonds is 6. The molecule has 32 heavy (non-hydrogen) atoms. The van der Waals surface area contributed by atoms with Crippen LogP contribution in [0.3, 0.4) is 0 Å². The largest absolute Gasteiger partial charge is 0.300 e. The van der Waals surface area contributed by atoms with Crippen LogP contribution in [0, 0.1) is 0 Å².